The predicted octanol–water partition coefficient (Wildman–Crippen LogP) is 0.486. The summed E-state index contributed by atoms with van der Waals surface area (Å²) in [4.78, 5) is 2.36. The van der Waals surface area contributed by atoms with E-state index in [1.54, 1.807) is 4.31 Å². The van der Waals surface area contributed by atoms with Crippen LogP contribution in [0.3, 0.4) is 0 Å². The van der Waals surface area contributed by atoms with Crippen LogP contribution in [0.15, 0.2) is 0 Å². The second-order valence-electron chi connectivity index (χ2n) is 5.79. The summed E-state index contributed by atoms with van der Waals surface area (Å²) in [7, 11) is -3.00. The molecule has 1 aliphatic heterocycles. The van der Waals surface area contributed by atoms with Gasteiger partial charge < -0.3 is 5.32 Å². The maximum absolute atomic E-state index is 11.4. The van der Waals surface area contributed by atoms with E-state index in [9.17, 15) is 8.42 Å². The van der Waals surface area contributed by atoms with Gasteiger partial charge in [-0.1, -0.05) is 19.3 Å². The molecule has 6 heteroatoms. The summed E-state index contributed by atoms with van der Waals surface area (Å²) in [6.07, 6.45) is 8.07. The van der Waals surface area contributed by atoms with Gasteiger partial charge in [-0.2, -0.15) is 4.31 Å². The normalized spacial score (nSPS) is 24.7. The zero-order chi connectivity index (χ0) is 13.7. The fraction of sp³-hybridized carbons (Fsp3) is 1.00. The molecule has 112 valence electrons. The molecule has 0 atom stereocenters. The lowest BCUT2D eigenvalue weighted by Crippen LogP contribution is -2.50. The highest BCUT2D eigenvalue weighted by Crippen LogP contribution is 2.17. The topological polar surface area (TPSA) is 52.7 Å². The number of hydrogen-bond acceptors (Lipinski definition) is 4. The molecule has 0 unspecified atom stereocenters. The lowest BCUT2D eigenvalue weighted by atomic mass is 9.95. The van der Waals surface area contributed by atoms with Crippen molar-refractivity contribution in [2.75, 3.05) is 45.5 Å². The fourth-order valence-corrected chi connectivity index (χ4v) is 3.84. The number of piperazine rings is 1. The summed E-state index contributed by atoms with van der Waals surface area (Å²) < 4.78 is 24.4. The Morgan fingerprint density at radius 3 is 2.26 bits per heavy atom. The molecule has 1 N–H and O–H groups in total. The van der Waals surface area contributed by atoms with Gasteiger partial charge in [0.1, 0.15) is 0 Å². The quantitative estimate of drug-likeness (QED) is 0.800. The van der Waals surface area contributed by atoms with Crippen molar-refractivity contribution in [3.63, 3.8) is 0 Å². The Bertz CT molecular complexity index is 358. The molecule has 2 fully saturated rings. The van der Waals surface area contributed by atoms with Crippen LogP contribution in [0.4, 0.5) is 0 Å². The molecule has 1 saturated heterocycles. The van der Waals surface area contributed by atoms with Gasteiger partial charge in [-0.3, -0.25) is 4.90 Å². The molecule has 1 aliphatic carbocycles. The Morgan fingerprint density at radius 1 is 1.05 bits per heavy atom. The Kier molecular flexibility index (Phi) is 5.62. The Balaban J connectivity index is 1.60. The monoisotopic (exact) mass is 289 g/mol. The molecular weight excluding hydrogens is 262 g/mol. The Hall–Kier alpha value is -0.170. The molecular formula is C13H27N3O2S. The van der Waals surface area contributed by atoms with Crippen molar-refractivity contribution in [3.05, 3.63) is 0 Å². The summed E-state index contributed by atoms with van der Waals surface area (Å²) in [5, 5.41) is 3.64. The fourth-order valence-electron chi connectivity index (χ4n) is 3.02. The van der Waals surface area contributed by atoms with Crippen LogP contribution in [-0.4, -0.2) is 69.2 Å². The van der Waals surface area contributed by atoms with Crippen molar-refractivity contribution in [2.24, 2.45) is 0 Å². The Morgan fingerprint density at radius 2 is 1.68 bits per heavy atom. The van der Waals surface area contributed by atoms with Crippen molar-refractivity contribution >= 4 is 10.0 Å². The highest BCUT2D eigenvalue weighted by atomic mass is 32.2. The van der Waals surface area contributed by atoms with Crippen molar-refractivity contribution in [1.82, 2.24) is 14.5 Å². The highest BCUT2D eigenvalue weighted by Gasteiger charge is 2.23. The van der Waals surface area contributed by atoms with E-state index < -0.39 is 10.0 Å². The van der Waals surface area contributed by atoms with Crippen molar-refractivity contribution in [3.8, 4) is 0 Å². The molecule has 0 aromatic heterocycles. The summed E-state index contributed by atoms with van der Waals surface area (Å²) in [5.41, 5.74) is 0. The summed E-state index contributed by atoms with van der Waals surface area (Å²) in [6, 6.07) is 0.714. The van der Waals surface area contributed by atoms with Gasteiger partial charge in [0.15, 0.2) is 0 Å². The van der Waals surface area contributed by atoms with Gasteiger partial charge in [0.25, 0.3) is 0 Å². The van der Waals surface area contributed by atoms with Gasteiger partial charge in [0, 0.05) is 45.3 Å². The van der Waals surface area contributed by atoms with Crippen LogP contribution < -0.4 is 5.32 Å². The standard InChI is InChI=1S/C13H27N3O2S/c1-19(17,18)16-11-9-15(10-12-16)8-7-14-13-5-3-2-4-6-13/h13-14H,2-12H2,1H3. The number of sulfonamides is 1. The van der Waals surface area contributed by atoms with Crippen LogP contribution in [0.2, 0.25) is 0 Å². The molecule has 19 heavy (non-hydrogen) atoms. The summed E-state index contributed by atoms with van der Waals surface area (Å²) >= 11 is 0. The molecule has 1 heterocycles. The SMILES string of the molecule is CS(=O)(=O)N1CCN(CCNC2CCCCC2)CC1. The maximum atomic E-state index is 11.4. The predicted molar refractivity (Wildman–Crippen MR) is 77.7 cm³/mol. The first-order valence-corrected chi connectivity index (χ1v) is 9.31. The first-order valence-electron chi connectivity index (χ1n) is 7.46. The van der Waals surface area contributed by atoms with Gasteiger partial charge >= 0.3 is 0 Å². The minimum atomic E-state index is -3.00. The van der Waals surface area contributed by atoms with Gasteiger partial charge in [-0.15, -0.1) is 0 Å². The second kappa shape index (κ2) is 7.02. The van der Waals surface area contributed by atoms with Crippen molar-refractivity contribution in [2.45, 2.75) is 38.1 Å². The first-order chi connectivity index (χ1) is 9.05. The largest absolute Gasteiger partial charge is 0.313 e. The van der Waals surface area contributed by atoms with E-state index in [0.717, 1.165) is 26.2 Å². The summed E-state index contributed by atoms with van der Waals surface area (Å²) in [5.74, 6) is 0. The van der Waals surface area contributed by atoms with E-state index in [1.165, 1.54) is 38.4 Å². The lowest BCUT2D eigenvalue weighted by molar-refractivity contribution is 0.186. The third-order valence-electron chi connectivity index (χ3n) is 4.27. The van der Waals surface area contributed by atoms with Crippen LogP contribution in [0.1, 0.15) is 32.1 Å². The molecule has 5 nitrogen and oxygen atoms in total. The zero-order valence-electron chi connectivity index (χ0n) is 12.0. The molecule has 0 spiro atoms. The van der Waals surface area contributed by atoms with Crippen molar-refractivity contribution in [1.29, 1.82) is 0 Å². The maximum Gasteiger partial charge on any atom is 0.211 e. The molecule has 2 aliphatic rings. The number of rotatable bonds is 5. The molecule has 0 aromatic rings. The second-order valence-corrected chi connectivity index (χ2v) is 7.78. The highest BCUT2D eigenvalue weighted by molar-refractivity contribution is 7.88. The number of hydrogen-bond donors (Lipinski definition) is 1. The molecule has 0 aromatic carbocycles. The Labute approximate surface area is 117 Å². The molecule has 0 amide bonds. The summed E-state index contributed by atoms with van der Waals surface area (Å²) in [6.45, 7) is 5.07. The van der Waals surface area contributed by atoms with E-state index in [2.05, 4.69) is 10.2 Å². The number of nitrogens with zero attached hydrogens (tertiary/aromatic N) is 2. The lowest BCUT2D eigenvalue weighted by Gasteiger charge is -2.33. The van der Waals surface area contributed by atoms with Gasteiger partial charge in [-0.25, -0.2) is 8.42 Å². The van der Waals surface area contributed by atoms with Gasteiger partial charge in [-0.05, 0) is 12.8 Å². The van der Waals surface area contributed by atoms with Crippen LogP contribution in [0.25, 0.3) is 0 Å². The van der Waals surface area contributed by atoms with E-state index in [4.69, 9.17) is 0 Å². The van der Waals surface area contributed by atoms with E-state index >= 15 is 0 Å². The minimum Gasteiger partial charge on any atom is -0.313 e. The smallest absolute Gasteiger partial charge is 0.211 e. The van der Waals surface area contributed by atoms with Crippen LogP contribution in [-0.2, 0) is 10.0 Å². The molecule has 0 bridgehead atoms. The third kappa shape index (κ3) is 5.02. The van der Waals surface area contributed by atoms with Crippen LogP contribution in [0.5, 0.6) is 0 Å². The van der Waals surface area contributed by atoms with Crippen LogP contribution in [0, 0.1) is 0 Å². The third-order valence-corrected chi connectivity index (χ3v) is 5.57. The van der Waals surface area contributed by atoms with Gasteiger partial charge in [0.05, 0.1) is 6.26 Å². The average Bonchev–Trinajstić information content (AvgIpc) is 2.39. The van der Waals surface area contributed by atoms with E-state index in [-0.39, 0.29) is 0 Å². The van der Waals surface area contributed by atoms with Crippen molar-refractivity contribution < 1.29 is 8.42 Å². The first kappa shape index (κ1) is 15.2. The molecule has 2 rings (SSSR count). The molecule has 1 saturated carbocycles. The zero-order valence-corrected chi connectivity index (χ0v) is 12.8. The van der Waals surface area contributed by atoms with Gasteiger partial charge in [0.2, 0.25) is 10.0 Å². The minimum absolute atomic E-state index is 0.641. The molecule has 0 radical (unpaired) electrons. The van der Waals surface area contributed by atoms with E-state index in [0.29, 0.717) is 19.1 Å². The van der Waals surface area contributed by atoms with E-state index in [1.807, 2.05) is 0 Å². The van der Waals surface area contributed by atoms with Crippen LogP contribution >= 0.6 is 0 Å². The number of nitrogens with one attached hydrogen (secondary N) is 1. The average molecular weight is 289 g/mol.